The largest absolute Gasteiger partial charge is 0.445 e. The minimum absolute atomic E-state index is 0.101. The van der Waals surface area contributed by atoms with E-state index in [1.54, 1.807) is 6.07 Å². The molecule has 0 saturated carbocycles. The number of amides is 2. The Morgan fingerprint density at radius 2 is 1.45 bits per heavy atom. The monoisotopic (exact) mass is 584 g/mol. The van der Waals surface area contributed by atoms with Crippen molar-refractivity contribution in [3.8, 4) is 6.07 Å². The van der Waals surface area contributed by atoms with Crippen molar-refractivity contribution in [3.63, 3.8) is 0 Å². The summed E-state index contributed by atoms with van der Waals surface area (Å²) in [5, 5.41) is 15.2. The van der Waals surface area contributed by atoms with Crippen LogP contribution in [0.2, 0.25) is 0 Å². The molecular weight excluding hydrogens is 524 g/mol. The second-order valence-corrected chi connectivity index (χ2v) is 12.0. The molecule has 0 saturated heterocycles. The SMILES string of the molecule is CCCCCCCCCCCCCCCCCC(NC=O)c1cc(C#N)ccc1COC(=O)NCCCCCN(C)C. The predicted molar refractivity (Wildman–Crippen MR) is 173 cm³/mol. The van der Waals surface area contributed by atoms with Gasteiger partial charge in [0, 0.05) is 6.54 Å². The lowest BCUT2D eigenvalue weighted by Crippen LogP contribution is -2.26. The molecule has 7 heteroatoms. The predicted octanol–water partition coefficient (Wildman–Crippen LogP) is 8.56. The van der Waals surface area contributed by atoms with Gasteiger partial charge in [-0.15, -0.1) is 0 Å². The van der Waals surface area contributed by atoms with Gasteiger partial charge in [0.15, 0.2) is 0 Å². The van der Waals surface area contributed by atoms with Crippen molar-refractivity contribution in [1.82, 2.24) is 15.5 Å². The van der Waals surface area contributed by atoms with Gasteiger partial charge in [-0.2, -0.15) is 5.26 Å². The highest BCUT2D eigenvalue weighted by atomic mass is 16.5. The van der Waals surface area contributed by atoms with Crippen LogP contribution in [0.3, 0.4) is 0 Å². The fourth-order valence-corrected chi connectivity index (χ4v) is 5.37. The van der Waals surface area contributed by atoms with Gasteiger partial charge in [0.05, 0.1) is 17.7 Å². The lowest BCUT2D eigenvalue weighted by Gasteiger charge is -2.20. The van der Waals surface area contributed by atoms with E-state index in [1.165, 1.54) is 83.5 Å². The van der Waals surface area contributed by atoms with Crippen LogP contribution in [-0.4, -0.2) is 44.6 Å². The molecule has 1 aromatic rings. The number of carbonyl (C=O) groups excluding carboxylic acids is 2. The van der Waals surface area contributed by atoms with E-state index in [0.29, 0.717) is 12.1 Å². The van der Waals surface area contributed by atoms with Gasteiger partial charge < -0.3 is 20.3 Å². The maximum atomic E-state index is 12.3. The van der Waals surface area contributed by atoms with E-state index in [-0.39, 0.29) is 12.6 Å². The number of nitrogens with one attached hydrogen (secondary N) is 2. The van der Waals surface area contributed by atoms with Crippen LogP contribution < -0.4 is 10.6 Å². The molecule has 0 spiro atoms. The number of benzene rings is 1. The van der Waals surface area contributed by atoms with Gasteiger partial charge in [-0.25, -0.2) is 4.79 Å². The molecule has 0 aliphatic heterocycles. The van der Waals surface area contributed by atoms with Gasteiger partial charge >= 0.3 is 6.09 Å². The maximum absolute atomic E-state index is 12.3. The maximum Gasteiger partial charge on any atom is 0.407 e. The molecule has 0 aliphatic carbocycles. The number of alkyl carbamates (subject to hydrolysis) is 1. The molecule has 0 fully saturated rings. The summed E-state index contributed by atoms with van der Waals surface area (Å²) in [5.74, 6) is 0. The van der Waals surface area contributed by atoms with Crippen LogP contribution in [0, 0.1) is 11.3 Å². The first-order valence-corrected chi connectivity index (χ1v) is 16.8. The molecule has 238 valence electrons. The summed E-state index contributed by atoms with van der Waals surface area (Å²) in [6.07, 6.45) is 23.8. The Kier molecular flexibility index (Phi) is 23.2. The zero-order valence-electron chi connectivity index (χ0n) is 27.1. The number of hydrogen-bond donors (Lipinski definition) is 2. The summed E-state index contributed by atoms with van der Waals surface area (Å²) < 4.78 is 5.49. The number of unbranched alkanes of at least 4 members (excludes halogenated alkanes) is 16. The van der Waals surface area contributed by atoms with Crippen molar-refractivity contribution in [3.05, 3.63) is 34.9 Å². The van der Waals surface area contributed by atoms with Gasteiger partial charge in [-0.1, -0.05) is 116 Å². The van der Waals surface area contributed by atoms with E-state index < -0.39 is 6.09 Å². The van der Waals surface area contributed by atoms with Crippen molar-refractivity contribution in [2.45, 2.75) is 142 Å². The van der Waals surface area contributed by atoms with Crippen molar-refractivity contribution in [1.29, 1.82) is 5.26 Å². The Morgan fingerprint density at radius 3 is 2.00 bits per heavy atom. The molecule has 0 radical (unpaired) electrons. The molecule has 1 rings (SSSR count). The quantitative estimate of drug-likeness (QED) is 0.0798. The number of nitrogens with zero attached hydrogens (tertiary/aromatic N) is 2. The second-order valence-electron chi connectivity index (χ2n) is 12.0. The van der Waals surface area contributed by atoms with Crippen LogP contribution in [0.1, 0.15) is 152 Å². The summed E-state index contributed by atoms with van der Waals surface area (Å²) in [5.41, 5.74) is 2.20. The smallest absolute Gasteiger partial charge is 0.407 e. The third-order valence-corrected chi connectivity index (χ3v) is 7.93. The van der Waals surface area contributed by atoms with Crippen LogP contribution in [-0.2, 0) is 16.1 Å². The van der Waals surface area contributed by atoms with E-state index in [0.717, 1.165) is 62.6 Å². The Hall–Kier alpha value is -2.59. The minimum Gasteiger partial charge on any atom is -0.445 e. The summed E-state index contributed by atoms with van der Waals surface area (Å²) >= 11 is 0. The van der Waals surface area contributed by atoms with Crippen LogP contribution in [0.25, 0.3) is 0 Å². The Labute approximate surface area is 257 Å². The molecule has 2 N–H and O–H groups in total. The minimum atomic E-state index is -0.444. The molecular formula is C35H60N4O3. The Bertz CT molecular complexity index is 868. The Balaban J connectivity index is 2.36. The zero-order valence-corrected chi connectivity index (χ0v) is 27.1. The van der Waals surface area contributed by atoms with Crippen LogP contribution in [0.4, 0.5) is 4.79 Å². The molecule has 0 bridgehead atoms. The van der Waals surface area contributed by atoms with Gasteiger partial charge in [-0.3, -0.25) is 4.79 Å². The average Bonchev–Trinajstić information content (AvgIpc) is 2.99. The number of rotatable bonds is 27. The third kappa shape index (κ3) is 19.5. The highest BCUT2D eigenvalue weighted by Crippen LogP contribution is 2.26. The molecule has 0 aromatic heterocycles. The lowest BCUT2D eigenvalue weighted by atomic mass is 9.94. The molecule has 0 aliphatic rings. The lowest BCUT2D eigenvalue weighted by molar-refractivity contribution is -0.110. The normalized spacial score (nSPS) is 11.7. The number of carbonyl (C=O) groups is 2. The highest BCUT2D eigenvalue weighted by molar-refractivity contribution is 5.67. The fraction of sp³-hybridized carbons (Fsp3) is 0.743. The number of nitriles is 1. The van der Waals surface area contributed by atoms with Crippen molar-refractivity contribution >= 4 is 12.5 Å². The molecule has 42 heavy (non-hydrogen) atoms. The van der Waals surface area contributed by atoms with Gasteiger partial charge in [0.25, 0.3) is 0 Å². The summed E-state index contributed by atoms with van der Waals surface area (Å²) in [6, 6.07) is 7.35. The van der Waals surface area contributed by atoms with Crippen molar-refractivity contribution < 1.29 is 14.3 Å². The highest BCUT2D eigenvalue weighted by Gasteiger charge is 2.17. The van der Waals surface area contributed by atoms with E-state index >= 15 is 0 Å². The van der Waals surface area contributed by atoms with Crippen molar-refractivity contribution in [2.24, 2.45) is 0 Å². The van der Waals surface area contributed by atoms with Crippen LogP contribution >= 0.6 is 0 Å². The first-order chi connectivity index (χ1) is 20.5. The molecule has 1 unspecified atom stereocenters. The summed E-state index contributed by atoms with van der Waals surface area (Å²) in [4.78, 5) is 25.8. The van der Waals surface area contributed by atoms with E-state index in [1.807, 2.05) is 12.1 Å². The third-order valence-electron chi connectivity index (χ3n) is 7.93. The molecule has 1 aromatic carbocycles. The van der Waals surface area contributed by atoms with E-state index in [4.69, 9.17) is 4.74 Å². The number of ether oxygens (including phenoxy) is 1. The topological polar surface area (TPSA) is 94.5 Å². The van der Waals surface area contributed by atoms with Crippen LogP contribution in [0.5, 0.6) is 0 Å². The first kappa shape index (κ1) is 37.4. The Morgan fingerprint density at radius 1 is 0.881 bits per heavy atom. The van der Waals surface area contributed by atoms with Gasteiger partial charge in [-0.05, 0) is 63.2 Å². The fourth-order valence-electron chi connectivity index (χ4n) is 5.37. The van der Waals surface area contributed by atoms with Gasteiger partial charge in [0.1, 0.15) is 6.61 Å². The summed E-state index contributed by atoms with van der Waals surface area (Å²) in [7, 11) is 4.12. The van der Waals surface area contributed by atoms with Gasteiger partial charge in [0.2, 0.25) is 6.41 Å². The van der Waals surface area contributed by atoms with E-state index in [9.17, 15) is 14.9 Å². The van der Waals surface area contributed by atoms with Crippen LogP contribution in [0.15, 0.2) is 18.2 Å². The average molecular weight is 585 g/mol. The second kappa shape index (κ2) is 26.1. The zero-order chi connectivity index (χ0) is 30.7. The molecule has 7 nitrogen and oxygen atoms in total. The van der Waals surface area contributed by atoms with Crippen molar-refractivity contribution in [2.75, 3.05) is 27.2 Å². The standard InChI is InChI=1S/C35H60N4O3/c1-4-5-6-7-8-9-10-11-12-13-14-15-16-17-19-22-34(38-30-40)33-27-31(28-36)23-24-32(33)29-42-35(41)37-25-20-18-21-26-39(2)3/h23-24,27,30,34H,4-22,25-26,29H2,1-3H3,(H,37,41)(H,38,40). The first-order valence-electron chi connectivity index (χ1n) is 16.8. The summed E-state index contributed by atoms with van der Waals surface area (Å²) in [6.45, 7) is 4.00. The number of hydrogen-bond acceptors (Lipinski definition) is 5. The molecule has 2 amide bonds. The molecule has 1 atom stereocenters. The van der Waals surface area contributed by atoms with E-state index in [2.05, 4.69) is 42.6 Å². The molecule has 0 heterocycles.